The van der Waals surface area contributed by atoms with Crippen LogP contribution in [0.2, 0.25) is 0 Å². The summed E-state index contributed by atoms with van der Waals surface area (Å²) >= 11 is 0. The molecule has 0 saturated carbocycles. The van der Waals surface area contributed by atoms with Gasteiger partial charge >= 0.3 is 0 Å². The predicted molar refractivity (Wildman–Crippen MR) is 59.9 cm³/mol. The van der Waals surface area contributed by atoms with Gasteiger partial charge in [0.15, 0.2) is 0 Å². The van der Waals surface area contributed by atoms with Crippen molar-refractivity contribution in [3.8, 4) is 0 Å². The summed E-state index contributed by atoms with van der Waals surface area (Å²) in [6.07, 6.45) is 0. The Balaban J connectivity index is 3.84. The van der Waals surface area contributed by atoms with Gasteiger partial charge in [0.05, 0.1) is 0 Å². The Morgan fingerprint density at radius 1 is 0.733 bits per heavy atom. The molecular formula is C11H16O3S. The fourth-order valence-corrected chi connectivity index (χ4v) is 2.93. The smallest absolute Gasteiger partial charge is 0.282 e. The highest BCUT2D eigenvalue weighted by molar-refractivity contribution is 7.86. The Morgan fingerprint density at radius 3 is 1.27 bits per heavy atom. The fourth-order valence-electron chi connectivity index (χ4n) is 1.85. The number of hydrogen-bond donors (Lipinski definition) is 1. The first kappa shape index (κ1) is 12.2. The maximum atomic E-state index is 11.2. The van der Waals surface area contributed by atoms with E-state index in [9.17, 15) is 8.42 Å². The third kappa shape index (κ3) is 1.92. The zero-order valence-corrected chi connectivity index (χ0v) is 10.5. The van der Waals surface area contributed by atoms with E-state index in [-0.39, 0.29) is 4.90 Å². The van der Waals surface area contributed by atoms with E-state index >= 15 is 0 Å². The Labute approximate surface area is 90.9 Å². The Morgan fingerprint density at radius 2 is 1.00 bits per heavy atom. The molecule has 84 valence electrons. The van der Waals surface area contributed by atoms with Crippen LogP contribution >= 0.6 is 0 Å². The highest BCUT2D eigenvalue weighted by atomic mass is 32.2. The second kappa shape index (κ2) is 3.61. The van der Waals surface area contributed by atoms with Gasteiger partial charge in [-0.1, -0.05) is 0 Å². The van der Waals surface area contributed by atoms with Gasteiger partial charge in [0.2, 0.25) is 0 Å². The molecule has 0 radical (unpaired) electrons. The Hall–Kier alpha value is -0.870. The first-order chi connectivity index (χ1) is 6.68. The van der Waals surface area contributed by atoms with E-state index in [4.69, 9.17) is 4.55 Å². The molecular weight excluding hydrogens is 212 g/mol. The van der Waals surface area contributed by atoms with Crippen molar-refractivity contribution in [2.75, 3.05) is 0 Å². The Kier molecular flexibility index (Phi) is 2.94. The molecule has 1 N–H and O–H groups in total. The first-order valence-corrected chi connectivity index (χ1v) is 6.16. The SMILES string of the molecule is Cc1c(C)c(C)c(S(=O)(=O)O)c(C)c1C. The molecule has 0 aliphatic carbocycles. The zero-order chi connectivity index (χ0) is 12.0. The third-order valence-electron chi connectivity index (χ3n) is 3.19. The van der Waals surface area contributed by atoms with Gasteiger partial charge in [0.1, 0.15) is 4.90 Å². The zero-order valence-electron chi connectivity index (χ0n) is 9.67. The highest BCUT2D eigenvalue weighted by Gasteiger charge is 2.20. The van der Waals surface area contributed by atoms with E-state index in [1.54, 1.807) is 13.8 Å². The van der Waals surface area contributed by atoms with Gasteiger partial charge in [-0.2, -0.15) is 8.42 Å². The van der Waals surface area contributed by atoms with Crippen LogP contribution in [0, 0.1) is 34.6 Å². The molecule has 0 fully saturated rings. The Bertz CT molecular complexity index is 484. The molecule has 0 amide bonds. The van der Waals surface area contributed by atoms with Crippen LogP contribution in [-0.2, 0) is 10.1 Å². The summed E-state index contributed by atoms with van der Waals surface area (Å²) in [6, 6.07) is 0. The lowest BCUT2D eigenvalue weighted by molar-refractivity contribution is 0.481. The standard InChI is InChI=1S/C11H16O3S/c1-6-7(2)9(4)11(15(12,13)14)10(5)8(6)3/h1-5H3,(H,12,13,14). The van der Waals surface area contributed by atoms with Crippen molar-refractivity contribution in [3.63, 3.8) is 0 Å². The molecule has 0 unspecified atom stereocenters. The van der Waals surface area contributed by atoms with Crippen molar-refractivity contribution in [3.05, 3.63) is 27.8 Å². The van der Waals surface area contributed by atoms with Crippen LogP contribution in [0.25, 0.3) is 0 Å². The maximum Gasteiger partial charge on any atom is 0.295 e. The topological polar surface area (TPSA) is 54.4 Å². The van der Waals surface area contributed by atoms with Gasteiger partial charge in [-0.15, -0.1) is 0 Å². The van der Waals surface area contributed by atoms with Crippen molar-refractivity contribution in [1.29, 1.82) is 0 Å². The second-order valence-corrected chi connectivity index (χ2v) is 5.29. The van der Waals surface area contributed by atoms with Crippen LogP contribution in [0.3, 0.4) is 0 Å². The maximum absolute atomic E-state index is 11.2. The summed E-state index contributed by atoms with van der Waals surface area (Å²) in [7, 11) is -4.13. The van der Waals surface area contributed by atoms with Gasteiger partial charge < -0.3 is 0 Å². The van der Waals surface area contributed by atoms with Crippen LogP contribution in [0.5, 0.6) is 0 Å². The van der Waals surface area contributed by atoms with E-state index in [1.165, 1.54) is 0 Å². The molecule has 0 aliphatic rings. The molecule has 4 heteroatoms. The molecule has 1 aromatic carbocycles. The first-order valence-electron chi connectivity index (χ1n) is 4.72. The van der Waals surface area contributed by atoms with Gasteiger partial charge in [-0.25, -0.2) is 0 Å². The summed E-state index contributed by atoms with van der Waals surface area (Å²) in [6.45, 7) is 9.13. The van der Waals surface area contributed by atoms with E-state index < -0.39 is 10.1 Å². The minimum absolute atomic E-state index is 0.0584. The van der Waals surface area contributed by atoms with E-state index in [0.29, 0.717) is 11.1 Å². The van der Waals surface area contributed by atoms with E-state index in [2.05, 4.69) is 0 Å². The quantitative estimate of drug-likeness (QED) is 0.751. The summed E-state index contributed by atoms with van der Waals surface area (Å²) in [4.78, 5) is 0.0584. The average Bonchev–Trinajstić information content (AvgIpc) is 2.09. The van der Waals surface area contributed by atoms with Gasteiger partial charge in [0, 0.05) is 0 Å². The molecule has 0 bridgehead atoms. The minimum atomic E-state index is -4.13. The second-order valence-electron chi connectivity index (χ2n) is 3.93. The van der Waals surface area contributed by atoms with Crippen molar-refractivity contribution >= 4 is 10.1 Å². The number of hydrogen-bond acceptors (Lipinski definition) is 2. The molecule has 0 aliphatic heterocycles. The molecule has 0 saturated heterocycles. The third-order valence-corrected chi connectivity index (χ3v) is 4.32. The molecule has 0 heterocycles. The van der Waals surface area contributed by atoms with Crippen molar-refractivity contribution in [2.24, 2.45) is 0 Å². The summed E-state index contributed by atoms with van der Waals surface area (Å²) in [5.41, 5.74) is 4.20. The number of benzene rings is 1. The highest BCUT2D eigenvalue weighted by Crippen LogP contribution is 2.28. The van der Waals surface area contributed by atoms with Gasteiger partial charge in [-0.05, 0) is 62.4 Å². The molecule has 1 aromatic rings. The fraction of sp³-hybridized carbons (Fsp3) is 0.455. The van der Waals surface area contributed by atoms with Crippen molar-refractivity contribution in [1.82, 2.24) is 0 Å². The predicted octanol–water partition coefficient (Wildman–Crippen LogP) is 2.48. The average molecular weight is 228 g/mol. The molecule has 0 spiro atoms. The van der Waals surface area contributed by atoms with Crippen molar-refractivity contribution < 1.29 is 13.0 Å². The van der Waals surface area contributed by atoms with Crippen LogP contribution in [-0.4, -0.2) is 13.0 Å². The van der Waals surface area contributed by atoms with Crippen LogP contribution < -0.4 is 0 Å². The van der Waals surface area contributed by atoms with Crippen LogP contribution in [0.15, 0.2) is 4.90 Å². The van der Waals surface area contributed by atoms with Crippen molar-refractivity contribution in [2.45, 2.75) is 39.5 Å². The normalized spacial score (nSPS) is 11.9. The van der Waals surface area contributed by atoms with Gasteiger partial charge in [-0.3, -0.25) is 4.55 Å². The summed E-state index contributed by atoms with van der Waals surface area (Å²) in [5.74, 6) is 0. The van der Waals surface area contributed by atoms with Crippen LogP contribution in [0.1, 0.15) is 27.8 Å². The van der Waals surface area contributed by atoms with Crippen LogP contribution in [0.4, 0.5) is 0 Å². The molecule has 0 aromatic heterocycles. The van der Waals surface area contributed by atoms with E-state index in [1.807, 2.05) is 20.8 Å². The number of rotatable bonds is 1. The summed E-state index contributed by atoms with van der Waals surface area (Å²) in [5, 5.41) is 0. The van der Waals surface area contributed by atoms with E-state index in [0.717, 1.165) is 16.7 Å². The largest absolute Gasteiger partial charge is 0.295 e. The molecule has 3 nitrogen and oxygen atoms in total. The minimum Gasteiger partial charge on any atom is -0.282 e. The monoisotopic (exact) mass is 228 g/mol. The molecule has 15 heavy (non-hydrogen) atoms. The molecule has 0 atom stereocenters. The van der Waals surface area contributed by atoms with Gasteiger partial charge in [0.25, 0.3) is 10.1 Å². The lowest BCUT2D eigenvalue weighted by Gasteiger charge is -2.16. The molecule has 1 rings (SSSR count). The lowest BCUT2D eigenvalue weighted by atomic mass is 9.95. The summed E-state index contributed by atoms with van der Waals surface area (Å²) < 4.78 is 31.7. The lowest BCUT2D eigenvalue weighted by Crippen LogP contribution is -2.08.